The van der Waals surface area contributed by atoms with E-state index in [1.807, 2.05) is 13.0 Å². The van der Waals surface area contributed by atoms with Crippen LogP contribution < -0.4 is 10.1 Å². The van der Waals surface area contributed by atoms with Gasteiger partial charge in [-0.15, -0.1) is 0 Å². The SMILES string of the molecule is CCOc1cccc(C2=CCCNC2)c1. The Bertz CT molecular complexity index is 357. The van der Waals surface area contributed by atoms with Crippen molar-refractivity contribution in [1.82, 2.24) is 5.32 Å². The van der Waals surface area contributed by atoms with E-state index in [9.17, 15) is 0 Å². The average molecular weight is 203 g/mol. The first-order chi connectivity index (χ1) is 7.40. The first kappa shape index (κ1) is 10.2. The summed E-state index contributed by atoms with van der Waals surface area (Å²) >= 11 is 0. The van der Waals surface area contributed by atoms with E-state index in [1.54, 1.807) is 0 Å². The zero-order chi connectivity index (χ0) is 10.5. The van der Waals surface area contributed by atoms with Gasteiger partial charge >= 0.3 is 0 Å². The highest BCUT2D eigenvalue weighted by Crippen LogP contribution is 2.21. The molecule has 0 fully saturated rings. The van der Waals surface area contributed by atoms with Gasteiger partial charge in [-0.05, 0) is 43.2 Å². The molecule has 80 valence electrons. The highest BCUT2D eigenvalue weighted by atomic mass is 16.5. The highest BCUT2D eigenvalue weighted by molar-refractivity contribution is 5.68. The zero-order valence-corrected chi connectivity index (χ0v) is 9.12. The standard InChI is InChI=1S/C13H17NO/c1-2-15-13-7-3-5-11(9-13)12-6-4-8-14-10-12/h3,5-7,9,14H,2,4,8,10H2,1H3. The fourth-order valence-corrected chi connectivity index (χ4v) is 1.82. The Morgan fingerprint density at radius 2 is 2.33 bits per heavy atom. The van der Waals surface area contributed by atoms with Crippen molar-refractivity contribution >= 4 is 5.57 Å². The summed E-state index contributed by atoms with van der Waals surface area (Å²) in [6.07, 6.45) is 3.43. The molecule has 1 N–H and O–H groups in total. The number of benzene rings is 1. The second-order valence-corrected chi connectivity index (χ2v) is 3.66. The van der Waals surface area contributed by atoms with Crippen LogP contribution in [0.2, 0.25) is 0 Å². The first-order valence-electron chi connectivity index (χ1n) is 5.53. The normalized spacial score (nSPS) is 15.9. The number of nitrogens with one attached hydrogen (secondary N) is 1. The van der Waals surface area contributed by atoms with Gasteiger partial charge < -0.3 is 10.1 Å². The molecule has 0 amide bonds. The number of ether oxygens (including phenoxy) is 1. The summed E-state index contributed by atoms with van der Waals surface area (Å²) in [5.74, 6) is 0.960. The monoisotopic (exact) mass is 203 g/mol. The second kappa shape index (κ2) is 4.99. The quantitative estimate of drug-likeness (QED) is 0.814. The van der Waals surface area contributed by atoms with Gasteiger partial charge in [0.05, 0.1) is 6.61 Å². The van der Waals surface area contributed by atoms with Crippen molar-refractivity contribution < 1.29 is 4.74 Å². The van der Waals surface area contributed by atoms with Crippen LogP contribution in [0.3, 0.4) is 0 Å². The lowest BCUT2D eigenvalue weighted by atomic mass is 10.0. The highest BCUT2D eigenvalue weighted by Gasteiger charge is 2.05. The van der Waals surface area contributed by atoms with Crippen LogP contribution in [0.15, 0.2) is 30.3 Å². The van der Waals surface area contributed by atoms with Crippen LogP contribution in [0.5, 0.6) is 5.75 Å². The van der Waals surface area contributed by atoms with Crippen molar-refractivity contribution in [2.24, 2.45) is 0 Å². The summed E-state index contributed by atoms with van der Waals surface area (Å²) in [4.78, 5) is 0. The van der Waals surface area contributed by atoms with Crippen LogP contribution in [0.4, 0.5) is 0 Å². The molecule has 0 saturated carbocycles. The maximum absolute atomic E-state index is 5.49. The average Bonchev–Trinajstić information content (AvgIpc) is 2.31. The van der Waals surface area contributed by atoms with Crippen LogP contribution >= 0.6 is 0 Å². The van der Waals surface area contributed by atoms with E-state index in [1.165, 1.54) is 11.1 Å². The predicted octanol–water partition coefficient (Wildman–Crippen LogP) is 2.46. The molecule has 0 bridgehead atoms. The Hall–Kier alpha value is -1.28. The van der Waals surface area contributed by atoms with E-state index in [0.29, 0.717) is 0 Å². The van der Waals surface area contributed by atoms with Crippen LogP contribution in [0.1, 0.15) is 18.9 Å². The Morgan fingerprint density at radius 3 is 3.07 bits per heavy atom. The van der Waals surface area contributed by atoms with E-state index < -0.39 is 0 Å². The summed E-state index contributed by atoms with van der Waals surface area (Å²) in [5, 5.41) is 3.38. The molecule has 1 heterocycles. The van der Waals surface area contributed by atoms with Gasteiger partial charge in [0.2, 0.25) is 0 Å². The molecule has 0 saturated heterocycles. The molecule has 0 unspecified atom stereocenters. The topological polar surface area (TPSA) is 21.3 Å². The summed E-state index contributed by atoms with van der Waals surface area (Å²) in [5.41, 5.74) is 2.65. The summed E-state index contributed by atoms with van der Waals surface area (Å²) < 4.78 is 5.49. The fraction of sp³-hybridized carbons (Fsp3) is 0.385. The Kier molecular flexibility index (Phi) is 3.41. The Labute approximate surface area is 91.0 Å². The molecule has 0 aromatic heterocycles. The minimum Gasteiger partial charge on any atom is -0.494 e. The number of hydrogen-bond acceptors (Lipinski definition) is 2. The number of hydrogen-bond donors (Lipinski definition) is 1. The van der Waals surface area contributed by atoms with Gasteiger partial charge in [-0.2, -0.15) is 0 Å². The zero-order valence-electron chi connectivity index (χ0n) is 9.12. The third kappa shape index (κ3) is 2.60. The molecule has 1 aliphatic heterocycles. The lowest BCUT2D eigenvalue weighted by Crippen LogP contribution is -2.21. The van der Waals surface area contributed by atoms with Crippen molar-refractivity contribution in [3.05, 3.63) is 35.9 Å². The molecule has 0 spiro atoms. The van der Waals surface area contributed by atoms with E-state index >= 15 is 0 Å². The van der Waals surface area contributed by atoms with Crippen LogP contribution in [-0.2, 0) is 0 Å². The van der Waals surface area contributed by atoms with Gasteiger partial charge in [0.1, 0.15) is 5.75 Å². The molecule has 1 aliphatic rings. The molecule has 0 aliphatic carbocycles. The van der Waals surface area contributed by atoms with Gasteiger partial charge in [0.15, 0.2) is 0 Å². The van der Waals surface area contributed by atoms with Gasteiger partial charge in [0, 0.05) is 6.54 Å². The lowest BCUT2D eigenvalue weighted by Gasteiger charge is -2.15. The minimum atomic E-state index is 0.723. The third-order valence-electron chi connectivity index (χ3n) is 2.54. The fourth-order valence-electron chi connectivity index (χ4n) is 1.82. The Morgan fingerprint density at radius 1 is 1.40 bits per heavy atom. The maximum atomic E-state index is 5.49. The van der Waals surface area contributed by atoms with Crippen LogP contribution in [0.25, 0.3) is 5.57 Å². The van der Waals surface area contributed by atoms with Crippen LogP contribution in [0, 0.1) is 0 Å². The van der Waals surface area contributed by atoms with Crippen molar-refractivity contribution in [3.63, 3.8) is 0 Å². The molecule has 1 aromatic carbocycles. The molecule has 0 atom stereocenters. The third-order valence-corrected chi connectivity index (χ3v) is 2.54. The summed E-state index contributed by atoms with van der Waals surface area (Å²) in [7, 11) is 0. The van der Waals surface area contributed by atoms with E-state index in [0.717, 1.165) is 31.9 Å². The molecule has 2 heteroatoms. The maximum Gasteiger partial charge on any atom is 0.119 e. The van der Waals surface area contributed by atoms with Gasteiger partial charge in [-0.3, -0.25) is 0 Å². The molecule has 2 nitrogen and oxygen atoms in total. The van der Waals surface area contributed by atoms with Gasteiger partial charge in [0.25, 0.3) is 0 Å². The van der Waals surface area contributed by atoms with E-state index in [-0.39, 0.29) is 0 Å². The first-order valence-corrected chi connectivity index (χ1v) is 5.53. The summed E-state index contributed by atoms with van der Waals surface area (Å²) in [6.45, 7) is 4.79. The molecule has 15 heavy (non-hydrogen) atoms. The minimum absolute atomic E-state index is 0.723. The molecule has 1 aromatic rings. The Balaban J connectivity index is 2.20. The molecule has 2 rings (SSSR count). The smallest absolute Gasteiger partial charge is 0.119 e. The molecular weight excluding hydrogens is 186 g/mol. The van der Waals surface area contributed by atoms with E-state index in [2.05, 4.69) is 29.6 Å². The molecular formula is C13H17NO. The predicted molar refractivity (Wildman–Crippen MR) is 63.1 cm³/mol. The van der Waals surface area contributed by atoms with Gasteiger partial charge in [-0.25, -0.2) is 0 Å². The van der Waals surface area contributed by atoms with Crippen molar-refractivity contribution in [1.29, 1.82) is 0 Å². The largest absolute Gasteiger partial charge is 0.494 e. The lowest BCUT2D eigenvalue weighted by molar-refractivity contribution is 0.340. The van der Waals surface area contributed by atoms with Gasteiger partial charge in [-0.1, -0.05) is 18.2 Å². The van der Waals surface area contributed by atoms with Crippen molar-refractivity contribution in [3.8, 4) is 5.75 Å². The molecule has 0 radical (unpaired) electrons. The van der Waals surface area contributed by atoms with Crippen molar-refractivity contribution in [2.75, 3.05) is 19.7 Å². The summed E-state index contributed by atoms with van der Waals surface area (Å²) in [6, 6.07) is 8.31. The van der Waals surface area contributed by atoms with Crippen molar-refractivity contribution in [2.45, 2.75) is 13.3 Å². The van der Waals surface area contributed by atoms with E-state index in [4.69, 9.17) is 4.74 Å². The van der Waals surface area contributed by atoms with Crippen LogP contribution in [-0.4, -0.2) is 19.7 Å². The number of rotatable bonds is 3. The second-order valence-electron chi connectivity index (χ2n) is 3.66.